The van der Waals surface area contributed by atoms with Crippen LogP contribution in [0.5, 0.6) is 0 Å². The van der Waals surface area contributed by atoms with Gasteiger partial charge in [-0.05, 0) is 24.6 Å². The van der Waals surface area contributed by atoms with Crippen LogP contribution < -0.4 is 10.6 Å². The molecule has 2 N–H and O–H groups in total. The van der Waals surface area contributed by atoms with Crippen LogP contribution in [0, 0.1) is 6.92 Å². The van der Waals surface area contributed by atoms with Crippen molar-refractivity contribution in [1.82, 2.24) is 15.0 Å². The molecule has 0 atom stereocenters. The molecule has 0 spiro atoms. The zero-order valence-electron chi connectivity index (χ0n) is 13.0. The Morgan fingerprint density at radius 1 is 0.826 bits per heavy atom. The summed E-state index contributed by atoms with van der Waals surface area (Å²) in [6.45, 7) is 3.46. The number of aromatic nitrogens is 3. The third kappa shape index (κ3) is 4.51. The van der Waals surface area contributed by atoms with Crippen molar-refractivity contribution >= 4 is 11.6 Å². The number of anilines is 2. The highest BCUT2D eigenvalue weighted by Gasteiger charge is 2.00. The lowest BCUT2D eigenvalue weighted by atomic mass is 10.1. The summed E-state index contributed by atoms with van der Waals surface area (Å²) in [5, 5.41) is 6.58. The van der Waals surface area contributed by atoms with Crippen molar-refractivity contribution in [1.29, 1.82) is 0 Å². The number of hydrogen-bond donors (Lipinski definition) is 2. The second kappa shape index (κ2) is 7.35. The van der Waals surface area contributed by atoms with Crippen molar-refractivity contribution in [3.63, 3.8) is 0 Å². The van der Waals surface area contributed by atoms with Gasteiger partial charge < -0.3 is 10.6 Å². The normalized spacial score (nSPS) is 10.3. The van der Waals surface area contributed by atoms with Gasteiger partial charge >= 0.3 is 0 Å². The molecule has 5 heteroatoms. The van der Waals surface area contributed by atoms with Crippen LogP contribution in [0.25, 0.3) is 0 Å². The van der Waals surface area contributed by atoms with Crippen molar-refractivity contribution < 1.29 is 0 Å². The van der Waals surface area contributed by atoms with Crippen LogP contribution in [-0.4, -0.2) is 15.0 Å². The van der Waals surface area contributed by atoms with Crippen LogP contribution in [0.15, 0.2) is 61.1 Å². The number of rotatable bonds is 6. The molecule has 3 rings (SSSR count). The number of nitrogens with one attached hydrogen (secondary N) is 2. The fourth-order valence-electron chi connectivity index (χ4n) is 2.25. The summed E-state index contributed by atoms with van der Waals surface area (Å²) in [7, 11) is 0. The molecular weight excluding hydrogens is 286 g/mol. The molecule has 116 valence electrons. The molecule has 0 aliphatic heterocycles. The Labute approximate surface area is 135 Å². The highest BCUT2D eigenvalue weighted by molar-refractivity contribution is 5.47. The molecular formula is C18H19N5. The van der Waals surface area contributed by atoms with Gasteiger partial charge in [-0.3, -0.25) is 4.98 Å². The summed E-state index contributed by atoms with van der Waals surface area (Å²) in [4.78, 5) is 12.8. The van der Waals surface area contributed by atoms with E-state index in [9.17, 15) is 0 Å². The van der Waals surface area contributed by atoms with Crippen LogP contribution in [0.4, 0.5) is 11.6 Å². The number of nitrogens with zero attached hydrogens (tertiary/aromatic N) is 3. The van der Waals surface area contributed by atoms with E-state index in [0.29, 0.717) is 6.54 Å². The highest BCUT2D eigenvalue weighted by Crippen LogP contribution is 2.12. The Morgan fingerprint density at radius 3 is 2.39 bits per heavy atom. The van der Waals surface area contributed by atoms with E-state index < -0.39 is 0 Å². The van der Waals surface area contributed by atoms with Crippen LogP contribution in [0.1, 0.15) is 16.8 Å². The maximum absolute atomic E-state index is 4.28. The third-order valence-electron chi connectivity index (χ3n) is 3.40. The van der Waals surface area contributed by atoms with Gasteiger partial charge in [0, 0.05) is 18.8 Å². The minimum absolute atomic E-state index is 0.634. The zero-order chi connectivity index (χ0) is 15.9. The fraction of sp³-hybridized carbons (Fsp3) is 0.167. The first-order chi connectivity index (χ1) is 11.3. The lowest BCUT2D eigenvalue weighted by Crippen LogP contribution is -2.06. The summed E-state index contributed by atoms with van der Waals surface area (Å²) in [5.74, 6) is 1.57. The Hall–Kier alpha value is -2.95. The van der Waals surface area contributed by atoms with Gasteiger partial charge in [0.1, 0.15) is 18.0 Å². The largest absolute Gasteiger partial charge is 0.366 e. The smallest absolute Gasteiger partial charge is 0.131 e. The van der Waals surface area contributed by atoms with Crippen LogP contribution in [0.3, 0.4) is 0 Å². The van der Waals surface area contributed by atoms with Gasteiger partial charge in [0.05, 0.1) is 12.2 Å². The molecule has 0 saturated heterocycles. The number of pyridine rings is 1. The third-order valence-corrected chi connectivity index (χ3v) is 3.40. The summed E-state index contributed by atoms with van der Waals surface area (Å²) in [6.07, 6.45) is 3.34. The van der Waals surface area contributed by atoms with Gasteiger partial charge in [-0.15, -0.1) is 0 Å². The quantitative estimate of drug-likeness (QED) is 0.731. The second-order valence-corrected chi connectivity index (χ2v) is 5.31. The molecule has 1 aromatic carbocycles. The lowest BCUT2D eigenvalue weighted by Gasteiger charge is -2.09. The van der Waals surface area contributed by atoms with Gasteiger partial charge in [-0.25, -0.2) is 9.97 Å². The van der Waals surface area contributed by atoms with E-state index in [1.54, 1.807) is 12.5 Å². The Bertz CT molecular complexity index is 758. The van der Waals surface area contributed by atoms with Gasteiger partial charge in [0.2, 0.25) is 0 Å². The van der Waals surface area contributed by atoms with Gasteiger partial charge in [0.25, 0.3) is 0 Å². The van der Waals surface area contributed by atoms with Crippen molar-refractivity contribution in [2.75, 3.05) is 10.6 Å². The van der Waals surface area contributed by atoms with Crippen molar-refractivity contribution in [2.24, 2.45) is 0 Å². The minimum Gasteiger partial charge on any atom is -0.366 e. The standard InChI is InChI=1S/C18H19N5/c1-14-5-4-6-15(9-14)11-20-17-10-18(23-13-22-17)21-12-16-7-2-3-8-19-16/h2-10,13H,11-12H2,1H3,(H2,20,21,22,23). The fourth-order valence-corrected chi connectivity index (χ4v) is 2.25. The number of hydrogen-bond acceptors (Lipinski definition) is 5. The Morgan fingerprint density at radius 2 is 1.65 bits per heavy atom. The highest BCUT2D eigenvalue weighted by atomic mass is 15.1. The van der Waals surface area contributed by atoms with Crippen molar-refractivity contribution in [2.45, 2.75) is 20.0 Å². The average Bonchev–Trinajstić information content (AvgIpc) is 2.60. The molecule has 2 heterocycles. The maximum Gasteiger partial charge on any atom is 0.131 e. The van der Waals surface area contributed by atoms with E-state index in [-0.39, 0.29) is 0 Å². The monoisotopic (exact) mass is 305 g/mol. The lowest BCUT2D eigenvalue weighted by molar-refractivity contribution is 1.01. The molecule has 0 saturated carbocycles. The first-order valence-corrected chi connectivity index (χ1v) is 7.55. The predicted molar refractivity (Wildman–Crippen MR) is 92.1 cm³/mol. The van der Waals surface area contributed by atoms with Gasteiger partial charge in [-0.2, -0.15) is 0 Å². The van der Waals surface area contributed by atoms with Crippen molar-refractivity contribution in [3.8, 4) is 0 Å². The summed E-state index contributed by atoms with van der Waals surface area (Å²) in [5.41, 5.74) is 3.46. The van der Waals surface area contributed by atoms with E-state index in [2.05, 4.69) is 56.8 Å². The summed E-state index contributed by atoms with van der Waals surface area (Å²) < 4.78 is 0. The van der Waals surface area contributed by atoms with Crippen LogP contribution in [0.2, 0.25) is 0 Å². The molecule has 0 aliphatic rings. The molecule has 5 nitrogen and oxygen atoms in total. The Kier molecular flexibility index (Phi) is 4.79. The molecule has 23 heavy (non-hydrogen) atoms. The topological polar surface area (TPSA) is 62.7 Å². The SMILES string of the molecule is Cc1cccc(CNc2cc(NCc3ccccn3)ncn2)c1. The average molecular weight is 305 g/mol. The summed E-state index contributed by atoms with van der Waals surface area (Å²) >= 11 is 0. The van der Waals surface area contributed by atoms with Gasteiger partial charge in [-0.1, -0.05) is 35.9 Å². The van der Waals surface area contributed by atoms with E-state index in [1.165, 1.54) is 11.1 Å². The van der Waals surface area contributed by atoms with Gasteiger partial charge in [0.15, 0.2) is 0 Å². The molecule has 0 amide bonds. The van der Waals surface area contributed by atoms with E-state index in [4.69, 9.17) is 0 Å². The summed E-state index contributed by atoms with van der Waals surface area (Å²) in [6, 6.07) is 16.2. The molecule has 0 unspecified atom stereocenters. The predicted octanol–water partition coefficient (Wildman–Crippen LogP) is 3.40. The van der Waals surface area contributed by atoms with Crippen molar-refractivity contribution in [3.05, 3.63) is 77.9 Å². The second-order valence-electron chi connectivity index (χ2n) is 5.31. The molecule has 0 fully saturated rings. The van der Waals surface area contributed by atoms with E-state index in [0.717, 1.165) is 23.9 Å². The Balaban J connectivity index is 1.59. The number of aryl methyl sites for hydroxylation is 1. The first kappa shape index (κ1) is 15.0. The molecule has 0 aliphatic carbocycles. The molecule has 0 radical (unpaired) electrons. The molecule has 0 bridgehead atoms. The number of benzene rings is 1. The molecule has 3 aromatic rings. The minimum atomic E-state index is 0.634. The van der Waals surface area contributed by atoms with Crippen LogP contribution >= 0.6 is 0 Å². The first-order valence-electron chi connectivity index (χ1n) is 7.55. The maximum atomic E-state index is 4.28. The molecule has 2 aromatic heterocycles. The van der Waals surface area contributed by atoms with E-state index >= 15 is 0 Å². The zero-order valence-corrected chi connectivity index (χ0v) is 13.0. The van der Waals surface area contributed by atoms with E-state index in [1.807, 2.05) is 24.3 Å². The van der Waals surface area contributed by atoms with Crippen LogP contribution in [-0.2, 0) is 13.1 Å².